The predicted molar refractivity (Wildman–Crippen MR) is 145 cm³/mol. The molecule has 0 radical (unpaired) electrons. The average molecular weight is 543 g/mol. The Kier molecular flexibility index (Phi) is 7.99. The maximum atomic E-state index is 12.9. The minimum Gasteiger partial charge on any atom is -0.350 e. The number of unbranched alkanes of at least 4 members (excludes halogenated alkanes) is 1. The Morgan fingerprint density at radius 3 is 2.14 bits per heavy atom. The third-order valence-electron chi connectivity index (χ3n) is 5.64. The third-order valence-corrected chi connectivity index (χ3v) is 6.73. The fourth-order valence-electron chi connectivity index (χ4n) is 3.66. The summed E-state index contributed by atoms with van der Waals surface area (Å²) in [4.78, 5) is 39.2. The van der Waals surface area contributed by atoms with Gasteiger partial charge in [-0.25, -0.2) is 4.90 Å². The van der Waals surface area contributed by atoms with Crippen LogP contribution in [0.2, 0.25) is 10.0 Å². The van der Waals surface area contributed by atoms with Gasteiger partial charge in [-0.1, -0.05) is 60.3 Å². The summed E-state index contributed by atoms with van der Waals surface area (Å²) < 4.78 is 0. The molecule has 3 aromatic carbocycles. The van der Waals surface area contributed by atoms with Crippen LogP contribution in [0.15, 0.2) is 77.5 Å². The summed E-state index contributed by atoms with van der Waals surface area (Å²) in [5.74, 6) is -1.58. The summed E-state index contributed by atoms with van der Waals surface area (Å²) in [5.41, 5.74) is 3.03. The molecule has 3 amide bonds. The van der Waals surface area contributed by atoms with Gasteiger partial charge >= 0.3 is 0 Å². The van der Waals surface area contributed by atoms with Gasteiger partial charge in [0.05, 0.1) is 15.7 Å². The number of anilines is 3. The van der Waals surface area contributed by atoms with Crippen molar-refractivity contribution in [2.24, 2.45) is 0 Å². The predicted octanol–water partition coefficient (Wildman–Crippen LogP) is 7.02. The number of carbonyl (C=O) groups excluding carboxylic acids is 3. The lowest BCUT2D eigenvalue weighted by Gasteiger charge is -2.15. The van der Waals surface area contributed by atoms with Gasteiger partial charge in [-0.3, -0.25) is 14.4 Å². The first kappa shape index (κ1) is 25.8. The molecule has 184 valence electrons. The van der Waals surface area contributed by atoms with E-state index in [4.69, 9.17) is 34.8 Å². The molecule has 0 spiro atoms. The fourth-order valence-corrected chi connectivity index (χ4v) is 4.16. The van der Waals surface area contributed by atoms with Crippen LogP contribution in [-0.4, -0.2) is 17.7 Å². The van der Waals surface area contributed by atoms with Gasteiger partial charge < -0.3 is 10.6 Å². The Balaban J connectivity index is 1.42. The Hall–Kier alpha value is -3.32. The standard InChI is InChI=1S/C27H22Cl3N3O3/c1-2-3-4-16-5-9-19(10-6-16)32-25(34)17-7-11-18(12-8-17)31-24-23(30)26(35)33(27(24)36)20-13-14-21(28)22(29)15-20/h5-15,31H,2-4H2,1H3,(H,32,34). The maximum absolute atomic E-state index is 12.9. The highest BCUT2D eigenvalue weighted by atomic mass is 35.5. The number of hydrogen-bond donors (Lipinski definition) is 2. The van der Waals surface area contributed by atoms with Crippen molar-refractivity contribution in [1.82, 2.24) is 0 Å². The van der Waals surface area contributed by atoms with Crippen LogP contribution < -0.4 is 15.5 Å². The summed E-state index contributed by atoms with van der Waals surface area (Å²) in [5, 5.41) is 6.00. The van der Waals surface area contributed by atoms with E-state index in [1.54, 1.807) is 24.3 Å². The van der Waals surface area contributed by atoms with Crippen LogP contribution >= 0.6 is 34.8 Å². The quantitative estimate of drug-likeness (QED) is 0.300. The number of benzene rings is 3. The van der Waals surface area contributed by atoms with Gasteiger partial charge in [-0.2, -0.15) is 0 Å². The van der Waals surface area contributed by atoms with Gasteiger partial charge in [0.2, 0.25) is 0 Å². The lowest BCUT2D eigenvalue weighted by molar-refractivity contribution is -0.120. The van der Waals surface area contributed by atoms with Gasteiger partial charge in [0, 0.05) is 16.9 Å². The molecule has 0 aromatic heterocycles. The van der Waals surface area contributed by atoms with Crippen molar-refractivity contribution in [3.8, 4) is 0 Å². The number of nitrogens with one attached hydrogen (secondary N) is 2. The maximum Gasteiger partial charge on any atom is 0.283 e. The summed E-state index contributed by atoms with van der Waals surface area (Å²) >= 11 is 18.1. The lowest BCUT2D eigenvalue weighted by Crippen LogP contribution is -2.32. The molecule has 0 fully saturated rings. The zero-order valence-corrected chi connectivity index (χ0v) is 21.5. The summed E-state index contributed by atoms with van der Waals surface area (Å²) in [7, 11) is 0. The highest BCUT2D eigenvalue weighted by Gasteiger charge is 2.39. The van der Waals surface area contributed by atoms with E-state index >= 15 is 0 Å². The monoisotopic (exact) mass is 541 g/mol. The SMILES string of the molecule is CCCCc1ccc(NC(=O)c2ccc(NC3=C(Cl)C(=O)N(c4ccc(Cl)c(Cl)c4)C3=O)cc2)cc1. The van der Waals surface area contributed by atoms with Crippen molar-refractivity contribution in [2.45, 2.75) is 26.2 Å². The molecule has 2 N–H and O–H groups in total. The van der Waals surface area contributed by atoms with Crippen molar-refractivity contribution >= 4 is 69.6 Å². The van der Waals surface area contributed by atoms with Gasteiger partial charge in [-0.15, -0.1) is 0 Å². The number of aryl methyl sites for hydroxylation is 1. The molecular formula is C27H22Cl3N3O3. The molecule has 0 aliphatic carbocycles. The second kappa shape index (κ2) is 11.2. The summed E-state index contributed by atoms with van der Waals surface area (Å²) in [6.07, 6.45) is 3.27. The van der Waals surface area contributed by atoms with Crippen molar-refractivity contribution in [1.29, 1.82) is 0 Å². The first-order valence-electron chi connectivity index (χ1n) is 11.3. The van der Waals surface area contributed by atoms with Gasteiger partial charge in [-0.05, 0) is 73.0 Å². The largest absolute Gasteiger partial charge is 0.350 e. The van der Waals surface area contributed by atoms with E-state index in [0.717, 1.165) is 24.2 Å². The molecule has 3 aromatic rings. The van der Waals surface area contributed by atoms with Gasteiger partial charge in [0.15, 0.2) is 0 Å². The molecule has 0 unspecified atom stereocenters. The number of imide groups is 1. The van der Waals surface area contributed by atoms with Gasteiger partial charge in [0.25, 0.3) is 17.7 Å². The minimum absolute atomic E-state index is 0.0758. The van der Waals surface area contributed by atoms with Crippen molar-refractivity contribution in [2.75, 3.05) is 15.5 Å². The van der Waals surface area contributed by atoms with Crippen molar-refractivity contribution in [3.05, 3.63) is 98.6 Å². The molecule has 1 aliphatic heterocycles. The second-order valence-corrected chi connectivity index (χ2v) is 9.38. The zero-order valence-electron chi connectivity index (χ0n) is 19.3. The molecule has 1 heterocycles. The fraction of sp³-hybridized carbons (Fsp3) is 0.148. The van der Waals surface area contributed by atoms with E-state index in [1.807, 2.05) is 24.3 Å². The summed E-state index contributed by atoms with van der Waals surface area (Å²) in [6, 6.07) is 18.7. The van der Waals surface area contributed by atoms with Gasteiger partial charge in [0.1, 0.15) is 10.7 Å². The van der Waals surface area contributed by atoms with Crippen LogP contribution in [0.5, 0.6) is 0 Å². The van der Waals surface area contributed by atoms with Crippen LogP contribution in [0.4, 0.5) is 17.1 Å². The second-order valence-electron chi connectivity index (χ2n) is 8.19. The molecule has 9 heteroatoms. The minimum atomic E-state index is -0.681. The normalized spacial score (nSPS) is 13.4. The van der Waals surface area contributed by atoms with Crippen LogP contribution in [0.3, 0.4) is 0 Å². The highest BCUT2D eigenvalue weighted by molar-refractivity contribution is 6.53. The summed E-state index contributed by atoms with van der Waals surface area (Å²) in [6.45, 7) is 2.15. The molecule has 1 aliphatic rings. The van der Waals surface area contributed by atoms with Crippen LogP contribution in [0.1, 0.15) is 35.7 Å². The number of carbonyl (C=O) groups is 3. The molecule has 4 rings (SSSR count). The van der Waals surface area contributed by atoms with E-state index < -0.39 is 11.8 Å². The number of nitrogens with zero attached hydrogens (tertiary/aromatic N) is 1. The van der Waals surface area contributed by atoms with E-state index in [1.165, 1.54) is 23.8 Å². The van der Waals surface area contributed by atoms with E-state index in [0.29, 0.717) is 22.0 Å². The third kappa shape index (κ3) is 5.57. The Bertz CT molecular complexity index is 1350. The number of halogens is 3. The average Bonchev–Trinajstić information content (AvgIpc) is 3.08. The Morgan fingerprint density at radius 2 is 1.50 bits per heavy atom. The number of hydrogen-bond acceptors (Lipinski definition) is 4. The van der Waals surface area contributed by atoms with E-state index in [9.17, 15) is 14.4 Å². The molecular weight excluding hydrogens is 521 g/mol. The molecule has 0 saturated carbocycles. The van der Waals surface area contributed by atoms with Crippen molar-refractivity contribution in [3.63, 3.8) is 0 Å². The van der Waals surface area contributed by atoms with Crippen LogP contribution in [-0.2, 0) is 16.0 Å². The molecule has 0 atom stereocenters. The van der Waals surface area contributed by atoms with Crippen LogP contribution in [0.25, 0.3) is 0 Å². The Morgan fingerprint density at radius 1 is 0.833 bits per heavy atom. The first-order chi connectivity index (χ1) is 17.3. The highest BCUT2D eigenvalue weighted by Crippen LogP contribution is 2.33. The smallest absolute Gasteiger partial charge is 0.283 e. The molecule has 0 saturated heterocycles. The number of rotatable bonds is 8. The first-order valence-corrected chi connectivity index (χ1v) is 12.4. The molecule has 0 bridgehead atoms. The number of amides is 3. The molecule has 36 heavy (non-hydrogen) atoms. The van der Waals surface area contributed by atoms with Crippen molar-refractivity contribution < 1.29 is 14.4 Å². The topological polar surface area (TPSA) is 78.5 Å². The van der Waals surface area contributed by atoms with Crippen LogP contribution in [0, 0.1) is 0 Å². The molecule has 6 nitrogen and oxygen atoms in total. The Labute approximate surface area is 223 Å². The zero-order chi connectivity index (χ0) is 25.8. The van der Waals surface area contributed by atoms with E-state index in [-0.39, 0.29) is 27.3 Å². The van der Waals surface area contributed by atoms with E-state index in [2.05, 4.69) is 17.6 Å². The lowest BCUT2D eigenvalue weighted by atomic mass is 10.1.